The van der Waals surface area contributed by atoms with Crippen molar-refractivity contribution in [2.75, 3.05) is 4.72 Å². The molecule has 0 aliphatic rings. The predicted octanol–water partition coefficient (Wildman–Crippen LogP) is 3.11. The summed E-state index contributed by atoms with van der Waals surface area (Å²) < 4.78 is 27.8. The zero-order valence-corrected chi connectivity index (χ0v) is 13.3. The van der Waals surface area contributed by atoms with E-state index in [0.29, 0.717) is 19.9 Å². The van der Waals surface area contributed by atoms with Crippen LogP contribution in [-0.2, 0) is 16.6 Å². The minimum absolute atomic E-state index is 0.157. The van der Waals surface area contributed by atoms with Crippen LogP contribution < -0.4 is 4.72 Å². The number of aryl methyl sites for hydroxylation is 1. The van der Waals surface area contributed by atoms with Crippen molar-refractivity contribution < 1.29 is 13.5 Å². The molecule has 1 aromatic heterocycles. The summed E-state index contributed by atoms with van der Waals surface area (Å²) in [6.07, 6.45) is 0. The van der Waals surface area contributed by atoms with Crippen LogP contribution in [0, 0.1) is 6.92 Å². The van der Waals surface area contributed by atoms with Gasteiger partial charge in [-0.25, -0.2) is 8.42 Å². The molecule has 0 saturated heterocycles. The Morgan fingerprint density at radius 1 is 1.37 bits per heavy atom. The second-order valence-corrected chi connectivity index (χ2v) is 7.72. The zero-order valence-electron chi connectivity index (χ0n) is 10.1. The van der Waals surface area contributed by atoms with E-state index in [9.17, 15) is 8.42 Å². The second kappa shape index (κ2) is 5.62. The highest BCUT2D eigenvalue weighted by Gasteiger charge is 2.20. The van der Waals surface area contributed by atoms with Gasteiger partial charge < -0.3 is 5.11 Å². The first kappa shape index (κ1) is 14.5. The van der Waals surface area contributed by atoms with Crippen LogP contribution >= 0.6 is 27.3 Å². The lowest BCUT2D eigenvalue weighted by Gasteiger charge is -2.09. The minimum Gasteiger partial charge on any atom is -0.391 e. The van der Waals surface area contributed by atoms with Crippen molar-refractivity contribution in [2.24, 2.45) is 0 Å². The highest BCUT2D eigenvalue weighted by atomic mass is 79.9. The van der Waals surface area contributed by atoms with Crippen LogP contribution in [0.25, 0.3) is 0 Å². The summed E-state index contributed by atoms with van der Waals surface area (Å²) in [4.78, 5) is 1.49. The van der Waals surface area contributed by atoms with Gasteiger partial charge in [0.1, 0.15) is 4.90 Å². The average molecular weight is 362 g/mol. The van der Waals surface area contributed by atoms with Gasteiger partial charge in [0.05, 0.1) is 12.3 Å². The minimum atomic E-state index is -3.64. The van der Waals surface area contributed by atoms with Crippen LogP contribution in [0.1, 0.15) is 9.75 Å². The first-order valence-electron chi connectivity index (χ1n) is 5.41. The maximum atomic E-state index is 12.3. The van der Waals surface area contributed by atoms with Crippen molar-refractivity contribution >= 4 is 43.0 Å². The number of aliphatic hydroxyl groups is 1. The third-order valence-corrected chi connectivity index (χ3v) is 5.83. The number of rotatable bonds is 4. The number of aliphatic hydroxyl groups excluding tert-OH is 1. The summed E-state index contributed by atoms with van der Waals surface area (Å²) in [5.74, 6) is 0. The molecule has 1 aromatic carbocycles. The summed E-state index contributed by atoms with van der Waals surface area (Å²) in [6, 6.07) is 8.50. The van der Waals surface area contributed by atoms with Gasteiger partial charge >= 0.3 is 0 Å². The molecule has 0 bridgehead atoms. The fraction of sp³-hybridized carbons (Fsp3) is 0.167. The molecule has 7 heteroatoms. The molecule has 102 valence electrons. The highest BCUT2D eigenvalue weighted by molar-refractivity contribution is 9.10. The largest absolute Gasteiger partial charge is 0.391 e. The Morgan fingerprint density at radius 3 is 2.63 bits per heavy atom. The molecule has 2 aromatic rings. The van der Waals surface area contributed by atoms with Crippen LogP contribution in [0.3, 0.4) is 0 Å². The van der Waals surface area contributed by atoms with E-state index in [1.54, 1.807) is 25.1 Å². The predicted molar refractivity (Wildman–Crippen MR) is 79.9 cm³/mol. The van der Waals surface area contributed by atoms with Gasteiger partial charge in [-0.2, -0.15) is 0 Å². The smallest absolute Gasteiger partial charge is 0.263 e. The van der Waals surface area contributed by atoms with Crippen LogP contribution in [0.4, 0.5) is 5.69 Å². The van der Waals surface area contributed by atoms with Gasteiger partial charge in [0, 0.05) is 14.2 Å². The number of nitrogens with one attached hydrogen (secondary N) is 1. The Bertz CT molecular complexity index is 695. The third-order valence-electron chi connectivity index (χ3n) is 2.49. The van der Waals surface area contributed by atoms with Gasteiger partial charge in [-0.1, -0.05) is 12.1 Å². The molecule has 1 heterocycles. The molecule has 0 unspecified atom stereocenters. The Hall–Kier alpha value is -0.890. The Morgan fingerprint density at radius 2 is 2.05 bits per heavy atom. The molecule has 4 nitrogen and oxygen atoms in total. The molecule has 2 N–H and O–H groups in total. The maximum absolute atomic E-state index is 12.3. The summed E-state index contributed by atoms with van der Waals surface area (Å²) in [6.45, 7) is 1.56. The summed E-state index contributed by atoms with van der Waals surface area (Å²) in [5.41, 5.74) is 0.485. The van der Waals surface area contributed by atoms with E-state index < -0.39 is 10.0 Å². The number of anilines is 1. The summed E-state index contributed by atoms with van der Waals surface area (Å²) >= 11 is 4.57. The molecule has 0 saturated carbocycles. The topological polar surface area (TPSA) is 66.4 Å². The van der Waals surface area contributed by atoms with Gasteiger partial charge in [0.15, 0.2) is 0 Å². The fourth-order valence-corrected chi connectivity index (χ4v) is 4.70. The van der Waals surface area contributed by atoms with Crippen molar-refractivity contribution in [3.8, 4) is 0 Å². The number of sulfonamides is 1. The van der Waals surface area contributed by atoms with E-state index in [2.05, 4.69) is 20.7 Å². The van der Waals surface area contributed by atoms with Gasteiger partial charge in [-0.05, 0) is 41.1 Å². The number of benzene rings is 1. The SMILES string of the molecule is Cc1sc(CO)cc1S(=O)(=O)Nc1ccccc1Br. The number of hydrogen-bond acceptors (Lipinski definition) is 4. The fourth-order valence-electron chi connectivity index (χ4n) is 1.61. The van der Waals surface area contributed by atoms with E-state index in [1.807, 2.05) is 6.07 Å². The monoisotopic (exact) mass is 361 g/mol. The lowest BCUT2D eigenvalue weighted by Crippen LogP contribution is -2.13. The van der Waals surface area contributed by atoms with Crippen LogP contribution in [0.2, 0.25) is 0 Å². The third kappa shape index (κ3) is 3.17. The molecular weight excluding hydrogens is 350 g/mol. The van der Waals surface area contributed by atoms with Gasteiger partial charge in [0.2, 0.25) is 0 Å². The lowest BCUT2D eigenvalue weighted by atomic mass is 10.3. The van der Waals surface area contributed by atoms with Crippen LogP contribution in [0.15, 0.2) is 39.7 Å². The molecule has 0 atom stereocenters. The zero-order chi connectivity index (χ0) is 14.0. The number of hydrogen-bond donors (Lipinski definition) is 2. The molecule has 0 aliphatic carbocycles. The van der Waals surface area contributed by atoms with Crippen LogP contribution in [-0.4, -0.2) is 13.5 Å². The van der Waals surface area contributed by atoms with E-state index in [0.717, 1.165) is 0 Å². The van der Waals surface area contributed by atoms with Crippen molar-refractivity contribution in [3.63, 3.8) is 0 Å². The summed E-state index contributed by atoms with van der Waals surface area (Å²) in [7, 11) is -3.64. The van der Waals surface area contributed by atoms with E-state index in [-0.39, 0.29) is 11.5 Å². The molecule has 0 aliphatic heterocycles. The van der Waals surface area contributed by atoms with E-state index in [4.69, 9.17) is 5.11 Å². The molecule has 2 rings (SSSR count). The van der Waals surface area contributed by atoms with Crippen molar-refractivity contribution in [1.29, 1.82) is 0 Å². The molecule has 19 heavy (non-hydrogen) atoms. The average Bonchev–Trinajstić information content (AvgIpc) is 2.74. The molecular formula is C12H12BrNO3S2. The Labute approximate surface area is 124 Å². The molecule has 0 radical (unpaired) electrons. The first-order chi connectivity index (χ1) is 8.94. The number of halogens is 1. The van der Waals surface area contributed by atoms with Crippen molar-refractivity contribution in [2.45, 2.75) is 18.4 Å². The number of thiophene rings is 1. The van der Waals surface area contributed by atoms with Gasteiger partial charge in [-0.3, -0.25) is 4.72 Å². The van der Waals surface area contributed by atoms with Crippen molar-refractivity contribution in [3.05, 3.63) is 44.6 Å². The maximum Gasteiger partial charge on any atom is 0.263 e. The Balaban J connectivity index is 2.38. The van der Waals surface area contributed by atoms with Gasteiger partial charge in [-0.15, -0.1) is 11.3 Å². The van der Waals surface area contributed by atoms with Crippen LogP contribution in [0.5, 0.6) is 0 Å². The summed E-state index contributed by atoms with van der Waals surface area (Å²) in [5, 5.41) is 9.06. The molecule has 0 spiro atoms. The normalized spacial score (nSPS) is 11.5. The molecule has 0 amide bonds. The van der Waals surface area contributed by atoms with Crippen molar-refractivity contribution in [1.82, 2.24) is 0 Å². The standard InChI is InChI=1S/C12H12BrNO3S2/c1-8-12(6-9(7-15)18-8)19(16,17)14-11-5-3-2-4-10(11)13/h2-6,14-15H,7H2,1H3. The van der Waals surface area contributed by atoms with E-state index >= 15 is 0 Å². The first-order valence-corrected chi connectivity index (χ1v) is 8.51. The highest BCUT2D eigenvalue weighted by Crippen LogP contribution is 2.29. The molecule has 0 fully saturated rings. The van der Waals surface area contributed by atoms with E-state index in [1.165, 1.54) is 17.4 Å². The Kier molecular flexibility index (Phi) is 4.29. The van der Waals surface area contributed by atoms with Gasteiger partial charge in [0.25, 0.3) is 10.0 Å². The second-order valence-electron chi connectivity index (χ2n) is 3.88. The lowest BCUT2D eigenvalue weighted by molar-refractivity contribution is 0.285. The number of para-hydroxylation sites is 1. The quantitative estimate of drug-likeness (QED) is 0.878.